The van der Waals surface area contributed by atoms with Gasteiger partial charge >= 0.3 is 0 Å². The van der Waals surface area contributed by atoms with Gasteiger partial charge in [-0.1, -0.05) is 0 Å². The molecule has 0 spiro atoms. The maximum Gasteiger partial charge on any atom is 0.272 e. The van der Waals surface area contributed by atoms with Crippen LogP contribution in [0.1, 0.15) is 72.7 Å². The molecular formula is C57H51F9N18O3. The first-order valence-corrected chi connectivity index (χ1v) is 27.0. The summed E-state index contributed by atoms with van der Waals surface area (Å²) in [4.78, 5) is 69.1. The van der Waals surface area contributed by atoms with Crippen molar-refractivity contribution >= 4 is 17.3 Å². The molecule has 0 saturated carbocycles. The van der Waals surface area contributed by atoms with Crippen LogP contribution in [0, 0.1) is 17.7 Å². The molecule has 0 amide bonds. The zero-order chi connectivity index (χ0) is 61.1. The molecule has 0 fully saturated rings. The molecule has 3 unspecified atom stereocenters. The van der Waals surface area contributed by atoms with Gasteiger partial charge in [0.15, 0.2) is 48.2 Å². The zero-order valence-corrected chi connectivity index (χ0v) is 46.4. The summed E-state index contributed by atoms with van der Waals surface area (Å²) in [6.07, 6.45) is 8.66. The van der Waals surface area contributed by atoms with Gasteiger partial charge in [0.05, 0.1) is 35.2 Å². The predicted molar refractivity (Wildman–Crippen MR) is 295 cm³/mol. The molecule has 30 heteroatoms. The number of ether oxygens (including phenoxy) is 3. The van der Waals surface area contributed by atoms with Crippen LogP contribution in [0.25, 0.3) is 34.9 Å². The first-order valence-electron chi connectivity index (χ1n) is 27.0. The summed E-state index contributed by atoms with van der Waals surface area (Å²) < 4.78 is 131. The molecule has 3 aliphatic heterocycles. The molecule has 3 atom stereocenters. The molecule has 0 saturated heterocycles. The van der Waals surface area contributed by atoms with Crippen LogP contribution in [0.4, 0.5) is 56.8 Å². The summed E-state index contributed by atoms with van der Waals surface area (Å²) in [7, 11) is 0. The number of aromatic nitrogens is 15. The Hall–Kier alpha value is -9.90. The standard InChI is InChI=1S/3C19H17F3N6O/c1-11-13-9-25-19(18-23-4-2-5-24-18)26-14(13)3-6-28(11)17-8-12(7-16(22)27-17)29-10-15(20)21;1-11-13-9-25-19(18-23-4-2-5-24-18)26-14(13)3-6-28(11)12-7-16(22)27-17(8-12)29-10-15(20)21;1-11-13-9-25-19(18-23-4-2-5-24-18)26-14(13)3-6-28(11)16-7-12(20)8-17(27-16)29-10-15(21)22/h3*2,4-5,7-9,11,15H,3,6,10H2,1H3. The average Bonchev–Trinajstić information content (AvgIpc) is 1.61. The lowest BCUT2D eigenvalue weighted by Crippen LogP contribution is -2.35. The zero-order valence-electron chi connectivity index (χ0n) is 46.4. The number of alkyl halides is 6. The highest BCUT2D eigenvalue weighted by atomic mass is 19.3. The van der Waals surface area contributed by atoms with Gasteiger partial charge in [-0.2, -0.15) is 18.7 Å². The molecule has 0 bridgehead atoms. The summed E-state index contributed by atoms with van der Waals surface area (Å²) in [5.41, 5.74) is 5.72. The molecule has 3 aliphatic rings. The van der Waals surface area contributed by atoms with Crippen LogP contribution in [0.2, 0.25) is 0 Å². The van der Waals surface area contributed by atoms with E-state index in [9.17, 15) is 39.5 Å². The summed E-state index contributed by atoms with van der Waals surface area (Å²) in [5.74, 6) is 0.746. The van der Waals surface area contributed by atoms with Crippen molar-refractivity contribution in [1.29, 1.82) is 0 Å². The van der Waals surface area contributed by atoms with Crippen molar-refractivity contribution in [2.24, 2.45) is 0 Å². The summed E-state index contributed by atoms with van der Waals surface area (Å²) in [5, 5.41) is 0. The van der Waals surface area contributed by atoms with Crippen molar-refractivity contribution in [2.45, 2.75) is 77.4 Å². The second-order valence-corrected chi connectivity index (χ2v) is 19.4. The SMILES string of the molecule is CC1c2cnc(-c3ncccn3)nc2CCN1c1cc(F)cc(OCC(F)F)n1.CC1c2cnc(-c3ncccn3)nc2CCN1c1cc(F)nc(OCC(F)F)c1.CC1c2cnc(-c3ncccn3)nc2CCN1c1cc(OCC(F)F)cc(F)n1. The van der Waals surface area contributed by atoms with E-state index in [1.807, 2.05) is 35.5 Å². The van der Waals surface area contributed by atoms with E-state index in [0.29, 0.717) is 91.2 Å². The Morgan fingerprint density at radius 2 is 0.805 bits per heavy atom. The number of anilines is 3. The van der Waals surface area contributed by atoms with E-state index in [1.54, 1.807) is 74.0 Å². The predicted octanol–water partition coefficient (Wildman–Crippen LogP) is 9.71. The molecule has 21 nitrogen and oxygen atoms in total. The smallest absolute Gasteiger partial charge is 0.272 e. The van der Waals surface area contributed by atoms with E-state index in [0.717, 1.165) is 45.9 Å². The van der Waals surface area contributed by atoms with Crippen LogP contribution in [0.15, 0.2) is 110 Å². The fourth-order valence-electron chi connectivity index (χ4n) is 9.76. The fraction of sp³-hybridized carbons (Fsp3) is 0.316. The van der Waals surface area contributed by atoms with Gasteiger partial charge in [0.1, 0.15) is 29.8 Å². The lowest BCUT2D eigenvalue weighted by Gasteiger charge is -2.36. The van der Waals surface area contributed by atoms with Crippen LogP contribution in [0.5, 0.6) is 17.5 Å². The highest BCUT2D eigenvalue weighted by Crippen LogP contribution is 2.37. The fourth-order valence-corrected chi connectivity index (χ4v) is 9.76. The Kier molecular flexibility index (Phi) is 19.0. The number of nitrogens with zero attached hydrogens (tertiary/aromatic N) is 18. The average molecular weight is 1210 g/mol. The van der Waals surface area contributed by atoms with Gasteiger partial charge in [0.2, 0.25) is 23.7 Å². The summed E-state index contributed by atoms with van der Waals surface area (Å²) >= 11 is 0. The van der Waals surface area contributed by atoms with Gasteiger partial charge in [0, 0.05) is 153 Å². The minimum Gasteiger partial charge on any atom is -0.487 e. The van der Waals surface area contributed by atoms with Crippen molar-refractivity contribution in [3.8, 4) is 52.5 Å². The van der Waals surface area contributed by atoms with E-state index in [-0.39, 0.29) is 35.6 Å². The number of pyridine rings is 3. The molecule has 87 heavy (non-hydrogen) atoms. The number of fused-ring (bicyclic) bond motifs is 3. The van der Waals surface area contributed by atoms with Crippen molar-refractivity contribution in [3.05, 3.63) is 162 Å². The second-order valence-electron chi connectivity index (χ2n) is 19.4. The molecule has 9 aromatic heterocycles. The minimum absolute atomic E-state index is 0.0126. The molecule has 0 aromatic carbocycles. The Balaban J connectivity index is 0.000000144. The Bertz CT molecular complexity index is 3400. The molecule has 9 aromatic rings. The largest absolute Gasteiger partial charge is 0.487 e. The maximum atomic E-state index is 14.0. The van der Waals surface area contributed by atoms with Crippen molar-refractivity contribution < 1.29 is 53.7 Å². The van der Waals surface area contributed by atoms with Crippen LogP contribution in [-0.4, -0.2) is 133 Å². The topological polar surface area (TPSA) is 231 Å². The van der Waals surface area contributed by atoms with Gasteiger partial charge in [-0.05, 0) is 39.0 Å². The van der Waals surface area contributed by atoms with Crippen LogP contribution in [-0.2, 0) is 19.3 Å². The van der Waals surface area contributed by atoms with Crippen molar-refractivity contribution in [2.75, 3.05) is 54.2 Å². The number of rotatable bonds is 15. The van der Waals surface area contributed by atoms with Crippen LogP contribution >= 0.6 is 0 Å². The number of hydrogen-bond donors (Lipinski definition) is 0. The van der Waals surface area contributed by atoms with E-state index in [1.165, 1.54) is 24.3 Å². The second kappa shape index (κ2) is 27.4. The molecule has 12 rings (SSSR count). The van der Waals surface area contributed by atoms with Gasteiger partial charge in [-0.25, -0.2) is 95.5 Å². The number of hydrogen-bond acceptors (Lipinski definition) is 21. The highest BCUT2D eigenvalue weighted by Gasteiger charge is 2.31. The van der Waals surface area contributed by atoms with Gasteiger partial charge in [-0.15, -0.1) is 0 Å². The first kappa shape index (κ1) is 60.2. The van der Waals surface area contributed by atoms with Crippen molar-refractivity contribution in [1.82, 2.24) is 74.8 Å². The third kappa shape index (κ3) is 15.0. The monoisotopic (exact) mass is 1210 g/mol. The van der Waals surface area contributed by atoms with Crippen LogP contribution in [0.3, 0.4) is 0 Å². The summed E-state index contributed by atoms with van der Waals surface area (Å²) in [6.45, 7) is 4.89. The van der Waals surface area contributed by atoms with E-state index >= 15 is 0 Å². The summed E-state index contributed by atoms with van der Waals surface area (Å²) in [6, 6.07) is 12.0. The third-order valence-electron chi connectivity index (χ3n) is 13.8. The van der Waals surface area contributed by atoms with Gasteiger partial charge in [-0.3, -0.25) is 0 Å². The molecule has 0 aliphatic carbocycles. The van der Waals surface area contributed by atoms with Crippen molar-refractivity contribution in [3.63, 3.8) is 0 Å². The molecule has 12 heterocycles. The Morgan fingerprint density at radius 1 is 0.414 bits per heavy atom. The Morgan fingerprint density at radius 3 is 1.25 bits per heavy atom. The van der Waals surface area contributed by atoms with Crippen LogP contribution < -0.4 is 28.9 Å². The molecule has 0 radical (unpaired) electrons. The van der Waals surface area contributed by atoms with E-state index < -0.39 is 56.8 Å². The van der Waals surface area contributed by atoms with Gasteiger partial charge < -0.3 is 28.9 Å². The lowest BCUT2D eigenvalue weighted by molar-refractivity contribution is 0.0790. The molecule has 0 N–H and O–H groups in total. The lowest BCUT2D eigenvalue weighted by atomic mass is 9.99. The normalized spacial score (nSPS) is 16.0. The quantitative estimate of drug-likeness (QED) is 0.0686. The molecule has 450 valence electrons. The highest BCUT2D eigenvalue weighted by molar-refractivity contribution is 5.55. The Labute approximate surface area is 490 Å². The number of halogens is 9. The molecular weight excluding hydrogens is 1160 g/mol. The minimum atomic E-state index is -2.66. The maximum absolute atomic E-state index is 14.0. The van der Waals surface area contributed by atoms with Gasteiger partial charge in [0.25, 0.3) is 19.3 Å². The third-order valence-corrected chi connectivity index (χ3v) is 13.8. The first-order chi connectivity index (χ1) is 42.0. The van der Waals surface area contributed by atoms with E-state index in [4.69, 9.17) is 14.2 Å². The van der Waals surface area contributed by atoms with E-state index in [2.05, 4.69) is 74.8 Å².